The van der Waals surface area contributed by atoms with Gasteiger partial charge in [0.2, 0.25) is 0 Å². The SMILES string of the molecule is Cc1c(F)c(N2CC3CC(N)C3C2)nc2c1CC(C(=O)O)=CN2C1CC1. The molecule has 3 atom stereocenters. The van der Waals surface area contributed by atoms with Crippen molar-refractivity contribution in [2.24, 2.45) is 17.6 Å². The van der Waals surface area contributed by atoms with Crippen molar-refractivity contribution in [1.82, 2.24) is 4.98 Å². The van der Waals surface area contributed by atoms with Crippen LogP contribution in [0.4, 0.5) is 16.0 Å². The van der Waals surface area contributed by atoms with E-state index in [1.165, 1.54) is 0 Å². The van der Waals surface area contributed by atoms with E-state index in [1.54, 1.807) is 13.1 Å². The minimum atomic E-state index is -0.949. The van der Waals surface area contributed by atoms with E-state index in [-0.39, 0.29) is 24.3 Å². The number of rotatable bonds is 3. The van der Waals surface area contributed by atoms with Crippen molar-refractivity contribution in [2.75, 3.05) is 22.9 Å². The van der Waals surface area contributed by atoms with E-state index in [2.05, 4.69) is 0 Å². The Balaban J connectivity index is 1.56. The lowest BCUT2D eigenvalue weighted by Crippen LogP contribution is -2.46. The fourth-order valence-corrected chi connectivity index (χ4v) is 4.68. The molecular formula is C19H23FN4O2. The third-order valence-corrected chi connectivity index (χ3v) is 6.50. The van der Waals surface area contributed by atoms with Crippen LogP contribution in [-0.4, -0.2) is 41.2 Å². The fourth-order valence-electron chi connectivity index (χ4n) is 4.68. The zero-order chi connectivity index (χ0) is 18.2. The van der Waals surface area contributed by atoms with E-state index in [0.29, 0.717) is 34.4 Å². The van der Waals surface area contributed by atoms with Crippen LogP contribution in [0, 0.1) is 24.6 Å². The molecule has 5 rings (SSSR count). The summed E-state index contributed by atoms with van der Waals surface area (Å²) >= 11 is 0. The number of nitrogens with zero attached hydrogens (tertiary/aromatic N) is 3. The highest BCUT2D eigenvalue weighted by molar-refractivity contribution is 5.89. The molecule has 0 radical (unpaired) electrons. The lowest BCUT2D eigenvalue weighted by atomic mass is 9.72. The molecule has 3 unspecified atom stereocenters. The Hall–Kier alpha value is -2.15. The van der Waals surface area contributed by atoms with Crippen LogP contribution in [0.15, 0.2) is 11.8 Å². The first kappa shape index (κ1) is 16.1. The van der Waals surface area contributed by atoms with Crippen molar-refractivity contribution < 1.29 is 14.3 Å². The number of fused-ring (bicyclic) bond motifs is 2. The van der Waals surface area contributed by atoms with Crippen LogP contribution in [0.2, 0.25) is 0 Å². The summed E-state index contributed by atoms with van der Waals surface area (Å²) in [6.07, 6.45) is 4.95. The minimum absolute atomic E-state index is 0.218. The average Bonchev–Trinajstić information content (AvgIpc) is 3.39. The van der Waals surface area contributed by atoms with Gasteiger partial charge in [0.15, 0.2) is 11.6 Å². The summed E-state index contributed by atoms with van der Waals surface area (Å²) in [5, 5.41) is 9.43. The lowest BCUT2D eigenvalue weighted by molar-refractivity contribution is -0.132. The van der Waals surface area contributed by atoms with Crippen LogP contribution < -0.4 is 15.5 Å². The maximum absolute atomic E-state index is 15.2. The van der Waals surface area contributed by atoms with Gasteiger partial charge in [-0.3, -0.25) is 0 Å². The van der Waals surface area contributed by atoms with E-state index in [9.17, 15) is 9.90 Å². The van der Waals surface area contributed by atoms with Crippen molar-refractivity contribution in [1.29, 1.82) is 0 Å². The smallest absolute Gasteiger partial charge is 0.333 e. The molecule has 3 heterocycles. The molecule has 1 saturated heterocycles. The molecule has 6 nitrogen and oxygen atoms in total. The van der Waals surface area contributed by atoms with Crippen molar-refractivity contribution in [2.45, 2.75) is 44.7 Å². The highest BCUT2D eigenvalue weighted by atomic mass is 19.1. The number of hydrogen-bond acceptors (Lipinski definition) is 5. The first-order chi connectivity index (χ1) is 12.4. The van der Waals surface area contributed by atoms with Gasteiger partial charge in [-0.1, -0.05) is 0 Å². The van der Waals surface area contributed by atoms with Crippen LogP contribution >= 0.6 is 0 Å². The monoisotopic (exact) mass is 358 g/mol. The molecule has 0 bridgehead atoms. The fraction of sp³-hybridized carbons (Fsp3) is 0.579. The Bertz CT molecular complexity index is 835. The predicted octanol–water partition coefficient (Wildman–Crippen LogP) is 1.81. The maximum atomic E-state index is 15.2. The number of carboxylic acids is 1. The van der Waals surface area contributed by atoms with E-state index in [4.69, 9.17) is 10.7 Å². The molecule has 26 heavy (non-hydrogen) atoms. The molecule has 2 saturated carbocycles. The molecule has 0 amide bonds. The standard InChI is InChI=1S/C19H23FN4O2/c1-9-13-4-11(19(25)26)7-24(12-2-3-12)17(13)22-18(16(9)20)23-6-10-5-15(21)14(10)8-23/h7,10,12,14-15H,2-6,8,21H2,1H3,(H,25,26). The van der Waals surface area contributed by atoms with Gasteiger partial charge in [-0.15, -0.1) is 0 Å². The quantitative estimate of drug-likeness (QED) is 0.857. The third kappa shape index (κ3) is 2.26. The summed E-state index contributed by atoms with van der Waals surface area (Å²) in [6, 6.07) is 0.493. The molecule has 1 aromatic rings. The molecule has 138 valence electrons. The van der Waals surface area contributed by atoms with E-state index < -0.39 is 5.97 Å². The van der Waals surface area contributed by atoms with Gasteiger partial charge >= 0.3 is 5.97 Å². The van der Waals surface area contributed by atoms with Gasteiger partial charge < -0.3 is 20.6 Å². The lowest BCUT2D eigenvalue weighted by Gasteiger charge is -2.36. The Labute approximate surface area is 151 Å². The second-order valence-corrected chi connectivity index (χ2v) is 8.18. The number of halogens is 1. The summed E-state index contributed by atoms with van der Waals surface area (Å²) in [4.78, 5) is 20.2. The minimum Gasteiger partial charge on any atom is -0.478 e. The Morgan fingerprint density at radius 3 is 2.73 bits per heavy atom. The molecule has 0 spiro atoms. The Morgan fingerprint density at radius 1 is 1.35 bits per heavy atom. The number of pyridine rings is 1. The number of anilines is 2. The first-order valence-electron chi connectivity index (χ1n) is 9.36. The molecule has 3 fully saturated rings. The topological polar surface area (TPSA) is 82.7 Å². The number of carboxylic acid groups (broad SMARTS) is 1. The third-order valence-electron chi connectivity index (χ3n) is 6.50. The molecule has 0 aromatic carbocycles. The maximum Gasteiger partial charge on any atom is 0.333 e. The summed E-state index contributed by atoms with van der Waals surface area (Å²) < 4.78 is 15.2. The van der Waals surface area contributed by atoms with Crippen LogP contribution in [0.5, 0.6) is 0 Å². The van der Waals surface area contributed by atoms with Gasteiger partial charge in [0.05, 0.1) is 5.57 Å². The van der Waals surface area contributed by atoms with Gasteiger partial charge in [0, 0.05) is 43.4 Å². The zero-order valence-electron chi connectivity index (χ0n) is 14.8. The largest absolute Gasteiger partial charge is 0.478 e. The van der Waals surface area contributed by atoms with Crippen LogP contribution in [0.1, 0.15) is 30.4 Å². The summed E-state index contributed by atoms with van der Waals surface area (Å²) in [5.41, 5.74) is 7.61. The molecule has 2 aliphatic carbocycles. The molecule has 1 aromatic heterocycles. The number of carbonyl (C=O) groups is 1. The average molecular weight is 358 g/mol. The van der Waals surface area contributed by atoms with E-state index in [0.717, 1.165) is 38.2 Å². The molecule has 7 heteroatoms. The van der Waals surface area contributed by atoms with Crippen LogP contribution in [0.3, 0.4) is 0 Å². The Morgan fingerprint density at radius 2 is 2.12 bits per heavy atom. The van der Waals surface area contributed by atoms with Gasteiger partial charge in [-0.2, -0.15) is 0 Å². The molecular weight excluding hydrogens is 335 g/mol. The Kier molecular flexibility index (Phi) is 3.35. The van der Waals surface area contributed by atoms with Gasteiger partial charge in [-0.05, 0) is 43.6 Å². The van der Waals surface area contributed by atoms with E-state index >= 15 is 4.39 Å². The van der Waals surface area contributed by atoms with Crippen molar-refractivity contribution in [3.05, 3.63) is 28.7 Å². The number of nitrogens with two attached hydrogens (primary N) is 1. The highest BCUT2D eigenvalue weighted by Crippen LogP contribution is 2.44. The molecule has 2 aliphatic heterocycles. The van der Waals surface area contributed by atoms with Crippen molar-refractivity contribution in [3.8, 4) is 0 Å². The zero-order valence-corrected chi connectivity index (χ0v) is 14.8. The summed E-state index contributed by atoms with van der Waals surface area (Å²) in [5.74, 6) is 0.845. The van der Waals surface area contributed by atoms with Crippen LogP contribution in [-0.2, 0) is 11.2 Å². The number of hydrogen-bond donors (Lipinski definition) is 2. The number of aromatic nitrogens is 1. The van der Waals surface area contributed by atoms with E-state index in [1.807, 2.05) is 9.80 Å². The highest BCUT2D eigenvalue weighted by Gasteiger charge is 2.46. The summed E-state index contributed by atoms with van der Waals surface area (Å²) in [6.45, 7) is 3.30. The number of aliphatic carboxylic acids is 1. The first-order valence-corrected chi connectivity index (χ1v) is 9.36. The second-order valence-electron chi connectivity index (χ2n) is 8.18. The summed E-state index contributed by atoms with van der Waals surface area (Å²) in [7, 11) is 0. The van der Waals surface area contributed by atoms with Crippen LogP contribution in [0.25, 0.3) is 0 Å². The predicted molar refractivity (Wildman–Crippen MR) is 95.6 cm³/mol. The second kappa shape index (κ2) is 5.42. The van der Waals surface area contributed by atoms with Gasteiger partial charge in [-0.25, -0.2) is 14.2 Å². The molecule has 3 N–H and O–H groups in total. The molecule has 4 aliphatic rings. The normalized spacial score (nSPS) is 29.8. The van der Waals surface area contributed by atoms with Crippen molar-refractivity contribution >= 4 is 17.6 Å². The van der Waals surface area contributed by atoms with Gasteiger partial charge in [0.1, 0.15) is 5.82 Å². The van der Waals surface area contributed by atoms with Gasteiger partial charge in [0.25, 0.3) is 0 Å². The van der Waals surface area contributed by atoms with Crippen molar-refractivity contribution in [3.63, 3.8) is 0 Å².